The summed E-state index contributed by atoms with van der Waals surface area (Å²) in [6, 6.07) is 2.14. The van der Waals surface area contributed by atoms with E-state index in [1.807, 2.05) is 0 Å². The molecule has 1 fully saturated rings. The second kappa shape index (κ2) is 6.12. The summed E-state index contributed by atoms with van der Waals surface area (Å²) in [6.07, 6.45) is 0.555. The summed E-state index contributed by atoms with van der Waals surface area (Å²) in [6.45, 7) is 7.17. The topological polar surface area (TPSA) is 88.4 Å². The van der Waals surface area contributed by atoms with Crippen molar-refractivity contribution in [3.63, 3.8) is 0 Å². The third kappa shape index (κ3) is 4.12. The molecule has 0 aromatic rings. The molecule has 0 spiro atoms. The Labute approximate surface area is 119 Å². The van der Waals surface area contributed by atoms with Gasteiger partial charge in [0.2, 0.25) is 0 Å². The molecule has 1 rings (SSSR count). The fourth-order valence-corrected chi connectivity index (χ4v) is 2.27. The van der Waals surface area contributed by atoms with Gasteiger partial charge in [0.05, 0.1) is 12.7 Å². The molecule has 0 aromatic carbocycles. The molecule has 0 aliphatic heterocycles. The Bertz CT molecular complexity index is 422. The van der Waals surface area contributed by atoms with Gasteiger partial charge in [0.1, 0.15) is 11.1 Å². The summed E-state index contributed by atoms with van der Waals surface area (Å²) >= 11 is 0. The Morgan fingerprint density at radius 3 is 2.55 bits per heavy atom. The number of rotatable bonds is 3. The minimum absolute atomic E-state index is 0.230. The zero-order chi connectivity index (χ0) is 15.4. The number of amides is 1. The minimum Gasteiger partial charge on any atom is -0.464 e. The van der Waals surface area contributed by atoms with Crippen LogP contribution in [0.2, 0.25) is 0 Å². The molecule has 1 N–H and O–H groups in total. The highest BCUT2D eigenvalue weighted by atomic mass is 16.6. The normalized spacial score (nSPS) is 25.6. The summed E-state index contributed by atoms with van der Waals surface area (Å²) in [5.41, 5.74) is -1.79. The number of alkyl carbamates (subject to hydrolysis) is 1. The van der Waals surface area contributed by atoms with E-state index in [4.69, 9.17) is 14.7 Å². The highest BCUT2D eigenvalue weighted by Crippen LogP contribution is 2.35. The second-order valence-electron chi connectivity index (χ2n) is 6.00. The summed E-state index contributed by atoms with van der Waals surface area (Å²) in [4.78, 5) is 24.0. The molecule has 0 bridgehead atoms. The number of nitrogens with zero attached hydrogens (tertiary/aromatic N) is 1. The van der Waals surface area contributed by atoms with Gasteiger partial charge >= 0.3 is 12.1 Å². The van der Waals surface area contributed by atoms with Crippen LogP contribution in [-0.4, -0.2) is 29.8 Å². The van der Waals surface area contributed by atoms with Gasteiger partial charge in [-0.3, -0.25) is 0 Å². The number of ether oxygens (including phenoxy) is 2. The van der Waals surface area contributed by atoms with Gasteiger partial charge in [-0.15, -0.1) is 0 Å². The molecule has 1 amide bonds. The Morgan fingerprint density at radius 1 is 1.45 bits per heavy atom. The lowest BCUT2D eigenvalue weighted by Gasteiger charge is -2.29. The first-order valence-corrected chi connectivity index (χ1v) is 6.80. The maximum Gasteiger partial charge on any atom is 0.408 e. The molecule has 112 valence electrons. The Kier molecular flexibility index (Phi) is 4.98. The average Bonchev–Trinajstić information content (AvgIpc) is 2.71. The van der Waals surface area contributed by atoms with Gasteiger partial charge in [-0.1, -0.05) is 0 Å². The van der Waals surface area contributed by atoms with Crippen LogP contribution < -0.4 is 5.32 Å². The number of nitriles is 1. The number of hydrogen-bond acceptors (Lipinski definition) is 5. The quantitative estimate of drug-likeness (QED) is 0.801. The molecule has 2 atom stereocenters. The molecule has 1 aliphatic rings. The summed E-state index contributed by atoms with van der Waals surface area (Å²) in [5.74, 6) is -0.752. The van der Waals surface area contributed by atoms with E-state index in [-0.39, 0.29) is 18.9 Å². The average molecular weight is 282 g/mol. The molecule has 1 saturated carbocycles. The van der Waals surface area contributed by atoms with Crippen molar-refractivity contribution in [1.82, 2.24) is 5.32 Å². The van der Waals surface area contributed by atoms with Crippen LogP contribution in [0, 0.1) is 17.2 Å². The molecule has 20 heavy (non-hydrogen) atoms. The number of carbonyl (C=O) groups excluding carboxylic acids is 2. The van der Waals surface area contributed by atoms with Crippen LogP contribution in [0.25, 0.3) is 0 Å². The van der Waals surface area contributed by atoms with Crippen molar-refractivity contribution in [2.75, 3.05) is 6.61 Å². The molecular formula is C14H22N2O4. The lowest BCUT2D eigenvalue weighted by Crippen LogP contribution is -2.54. The van der Waals surface area contributed by atoms with Crippen LogP contribution in [0.4, 0.5) is 4.79 Å². The van der Waals surface area contributed by atoms with Gasteiger partial charge in [0.15, 0.2) is 0 Å². The van der Waals surface area contributed by atoms with Crippen molar-refractivity contribution in [1.29, 1.82) is 5.26 Å². The van der Waals surface area contributed by atoms with E-state index in [0.717, 1.165) is 0 Å². The van der Waals surface area contributed by atoms with Crippen molar-refractivity contribution < 1.29 is 19.1 Å². The van der Waals surface area contributed by atoms with Gasteiger partial charge in [-0.25, -0.2) is 9.59 Å². The van der Waals surface area contributed by atoms with E-state index >= 15 is 0 Å². The minimum atomic E-state index is -1.14. The first-order chi connectivity index (χ1) is 9.22. The van der Waals surface area contributed by atoms with Crippen LogP contribution >= 0.6 is 0 Å². The van der Waals surface area contributed by atoms with Crippen molar-refractivity contribution in [2.45, 2.75) is 58.1 Å². The number of esters is 1. The Balaban J connectivity index is 2.83. The molecule has 0 saturated heterocycles. The maximum atomic E-state index is 12.1. The lowest BCUT2D eigenvalue weighted by molar-refractivity contribution is -0.151. The molecule has 6 nitrogen and oxygen atoms in total. The smallest absolute Gasteiger partial charge is 0.408 e. The predicted molar refractivity (Wildman–Crippen MR) is 71.7 cm³/mol. The summed E-state index contributed by atoms with van der Waals surface area (Å²) in [7, 11) is 0. The monoisotopic (exact) mass is 282 g/mol. The fourth-order valence-electron chi connectivity index (χ4n) is 2.27. The van der Waals surface area contributed by atoms with E-state index in [9.17, 15) is 9.59 Å². The van der Waals surface area contributed by atoms with Crippen LogP contribution in [0.1, 0.15) is 47.0 Å². The summed E-state index contributed by atoms with van der Waals surface area (Å²) < 4.78 is 10.2. The van der Waals surface area contributed by atoms with Crippen LogP contribution in [-0.2, 0) is 14.3 Å². The van der Waals surface area contributed by atoms with E-state index in [0.29, 0.717) is 12.8 Å². The van der Waals surface area contributed by atoms with Crippen molar-refractivity contribution >= 4 is 12.1 Å². The first kappa shape index (κ1) is 16.3. The van der Waals surface area contributed by atoms with Crippen molar-refractivity contribution in [3.05, 3.63) is 0 Å². The Hall–Kier alpha value is -1.77. The third-order valence-corrected chi connectivity index (χ3v) is 3.10. The molecule has 0 unspecified atom stereocenters. The van der Waals surface area contributed by atoms with Crippen molar-refractivity contribution in [2.24, 2.45) is 5.92 Å². The second-order valence-corrected chi connectivity index (χ2v) is 6.00. The molecule has 0 heterocycles. The van der Waals surface area contributed by atoms with Crippen LogP contribution in [0.15, 0.2) is 0 Å². The molecule has 0 aromatic heterocycles. The largest absolute Gasteiger partial charge is 0.464 e. The molecular weight excluding hydrogens is 260 g/mol. The van der Waals surface area contributed by atoms with Gasteiger partial charge in [0.25, 0.3) is 0 Å². The van der Waals surface area contributed by atoms with E-state index in [2.05, 4.69) is 11.4 Å². The number of carbonyl (C=O) groups is 2. The van der Waals surface area contributed by atoms with Crippen LogP contribution in [0.5, 0.6) is 0 Å². The lowest BCUT2D eigenvalue weighted by atomic mass is 9.96. The number of hydrogen-bond donors (Lipinski definition) is 1. The van der Waals surface area contributed by atoms with E-state index < -0.39 is 23.2 Å². The fraction of sp³-hybridized carbons (Fsp3) is 0.786. The Morgan fingerprint density at radius 2 is 2.10 bits per heavy atom. The van der Waals surface area contributed by atoms with Gasteiger partial charge in [-0.2, -0.15) is 5.26 Å². The molecule has 6 heteroatoms. The predicted octanol–water partition coefficient (Wildman–Crippen LogP) is 2.14. The van der Waals surface area contributed by atoms with E-state index in [1.165, 1.54) is 0 Å². The molecule has 1 aliphatic carbocycles. The van der Waals surface area contributed by atoms with Crippen LogP contribution in [0.3, 0.4) is 0 Å². The summed E-state index contributed by atoms with van der Waals surface area (Å²) in [5, 5.41) is 11.6. The first-order valence-electron chi connectivity index (χ1n) is 6.80. The SMILES string of the molecule is CCOC(=O)[C@]1(NC(=O)OC(C)(C)C)CC[C@@H](C#N)C1. The maximum absolute atomic E-state index is 12.1. The molecule has 0 radical (unpaired) electrons. The highest BCUT2D eigenvalue weighted by Gasteiger charge is 2.48. The zero-order valence-electron chi connectivity index (χ0n) is 12.5. The standard InChI is InChI=1S/C14H22N2O4/c1-5-19-11(17)14(7-6-10(8-14)9-15)16-12(18)20-13(2,3)4/h10H,5-8H2,1-4H3,(H,16,18)/t10-,14+/m1/s1. The van der Waals surface area contributed by atoms with E-state index in [1.54, 1.807) is 27.7 Å². The highest BCUT2D eigenvalue weighted by molar-refractivity contribution is 5.86. The van der Waals surface area contributed by atoms with Crippen molar-refractivity contribution in [3.8, 4) is 6.07 Å². The third-order valence-electron chi connectivity index (χ3n) is 3.10. The van der Waals surface area contributed by atoms with Gasteiger partial charge in [0, 0.05) is 5.92 Å². The number of nitrogens with one attached hydrogen (secondary N) is 1. The zero-order valence-corrected chi connectivity index (χ0v) is 12.5. The van der Waals surface area contributed by atoms with Gasteiger partial charge < -0.3 is 14.8 Å². The van der Waals surface area contributed by atoms with Gasteiger partial charge in [-0.05, 0) is 47.0 Å².